The van der Waals surface area contributed by atoms with Crippen LogP contribution in [0.25, 0.3) is 0 Å². The van der Waals surface area contributed by atoms with Crippen molar-refractivity contribution in [2.75, 3.05) is 7.05 Å². The van der Waals surface area contributed by atoms with E-state index in [1.165, 1.54) is 5.56 Å². The Balaban J connectivity index is 2.60. The Morgan fingerprint density at radius 1 is 1.44 bits per heavy atom. The third-order valence-corrected chi connectivity index (χ3v) is 3.49. The topological polar surface area (TPSA) is 38.3 Å². The van der Waals surface area contributed by atoms with E-state index in [1.807, 2.05) is 27.0 Å². The number of hydrogen-bond acceptors (Lipinski definition) is 3. The molecule has 0 bridgehead atoms. The van der Waals surface area contributed by atoms with Crippen LogP contribution in [0.1, 0.15) is 37.9 Å². The van der Waals surface area contributed by atoms with Gasteiger partial charge in [-0.25, -0.2) is 4.79 Å². The summed E-state index contributed by atoms with van der Waals surface area (Å²) < 4.78 is 5.91. The van der Waals surface area contributed by atoms with E-state index in [1.54, 1.807) is 0 Å². The van der Waals surface area contributed by atoms with Crippen molar-refractivity contribution in [3.63, 3.8) is 0 Å². The van der Waals surface area contributed by atoms with Gasteiger partial charge in [0.05, 0.1) is 11.6 Å². The lowest BCUT2D eigenvalue weighted by Gasteiger charge is -2.38. The van der Waals surface area contributed by atoms with Gasteiger partial charge in [-0.3, -0.25) is 0 Å². The summed E-state index contributed by atoms with van der Waals surface area (Å²) in [4.78, 5) is 11.2. The minimum Gasteiger partial charge on any atom is -0.482 e. The van der Waals surface area contributed by atoms with Crippen LogP contribution in [-0.2, 0) is 11.2 Å². The van der Waals surface area contributed by atoms with E-state index in [2.05, 4.69) is 30.3 Å². The molecule has 0 saturated heterocycles. The SMILES string of the molecule is CCc1ccc2c(c1)C(NC)C(=C=O)C(C)(C)O2. The molecule has 2 rings (SSSR count). The van der Waals surface area contributed by atoms with Gasteiger partial charge in [-0.15, -0.1) is 0 Å². The van der Waals surface area contributed by atoms with Crippen LogP contribution in [0.5, 0.6) is 5.75 Å². The van der Waals surface area contributed by atoms with Crippen LogP contribution in [-0.4, -0.2) is 18.6 Å². The maximum atomic E-state index is 11.2. The van der Waals surface area contributed by atoms with Gasteiger partial charge in [-0.05, 0) is 38.9 Å². The molecule has 1 atom stereocenters. The number of likely N-dealkylation sites (N-methyl/N-ethyl adjacent to an activating group) is 1. The average molecular weight is 245 g/mol. The molecule has 96 valence electrons. The summed E-state index contributed by atoms with van der Waals surface area (Å²) in [7, 11) is 1.85. The first-order valence-corrected chi connectivity index (χ1v) is 6.28. The molecule has 0 radical (unpaired) electrons. The first-order chi connectivity index (χ1) is 8.53. The van der Waals surface area contributed by atoms with Gasteiger partial charge in [-0.2, -0.15) is 0 Å². The average Bonchev–Trinajstić information content (AvgIpc) is 2.35. The van der Waals surface area contributed by atoms with Crippen LogP contribution in [0.4, 0.5) is 0 Å². The number of ether oxygens (including phenoxy) is 1. The van der Waals surface area contributed by atoms with Gasteiger partial charge in [0.15, 0.2) is 0 Å². The molecule has 3 nitrogen and oxygen atoms in total. The van der Waals surface area contributed by atoms with E-state index in [0.717, 1.165) is 17.7 Å². The van der Waals surface area contributed by atoms with Crippen LogP contribution in [0, 0.1) is 0 Å². The molecule has 18 heavy (non-hydrogen) atoms. The molecule has 3 heteroatoms. The van der Waals surface area contributed by atoms with Crippen LogP contribution in [0.2, 0.25) is 0 Å². The van der Waals surface area contributed by atoms with Crippen molar-refractivity contribution in [3.8, 4) is 5.75 Å². The van der Waals surface area contributed by atoms with Gasteiger partial charge < -0.3 is 10.1 Å². The fraction of sp³-hybridized carbons (Fsp3) is 0.467. The van der Waals surface area contributed by atoms with E-state index in [4.69, 9.17) is 4.74 Å². The number of aryl methyl sites for hydroxylation is 1. The van der Waals surface area contributed by atoms with Gasteiger partial charge in [0.25, 0.3) is 0 Å². The predicted octanol–water partition coefficient (Wildman–Crippen LogP) is 2.44. The van der Waals surface area contributed by atoms with E-state index in [-0.39, 0.29) is 6.04 Å². The van der Waals surface area contributed by atoms with Crippen LogP contribution < -0.4 is 10.1 Å². The molecule has 0 spiro atoms. The van der Waals surface area contributed by atoms with Gasteiger partial charge in [0, 0.05) is 5.56 Å². The molecule has 1 unspecified atom stereocenters. The Hall–Kier alpha value is -1.57. The van der Waals surface area contributed by atoms with Gasteiger partial charge in [0.2, 0.25) is 0 Å². The molecular weight excluding hydrogens is 226 g/mol. The molecule has 0 aromatic heterocycles. The maximum Gasteiger partial charge on any atom is 0.137 e. The van der Waals surface area contributed by atoms with Crippen molar-refractivity contribution in [1.82, 2.24) is 5.32 Å². The maximum absolute atomic E-state index is 11.2. The summed E-state index contributed by atoms with van der Waals surface area (Å²) in [5.41, 5.74) is 2.26. The Labute approximate surface area is 108 Å². The summed E-state index contributed by atoms with van der Waals surface area (Å²) >= 11 is 0. The van der Waals surface area contributed by atoms with Crippen LogP contribution in [0.15, 0.2) is 23.8 Å². The summed E-state index contributed by atoms with van der Waals surface area (Å²) in [5, 5.41) is 3.19. The quantitative estimate of drug-likeness (QED) is 0.813. The molecular formula is C15H19NO2. The summed E-state index contributed by atoms with van der Waals surface area (Å²) in [6.07, 6.45) is 0.966. The minimum atomic E-state index is -0.615. The minimum absolute atomic E-state index is 0.118. The first kappa shape index (κ1) is 12.9. The number of rotatable bonds is 2. The number of hydrogen-bond donors (Lipinski definition) is 1. The fourth-order valence-electron chi connectivity index (χ4n) is 2.45. The molecule has 0 saturated carbocycles. The zero-order valence-corrected chi connectivity index (χ0v) is 11.3. The summed E-state index contributed by atoms with van der Waals surface area (Å²) in [6.45, 7) is 5.91. The van der Waals surface area contributed by atoms with Crippen molar-refractivity contribution >= 4 is 5.94 Å². The molecule has 0 fully saturated rings. The van der Waals surface area contributed by atoms with Gasteiger partial charge in [-0.1, -0.05) is 19.1 Å². The van der Waals surface area contributed by atoms with Gasteiger partial charge in [0.1, 0.15) is 17.3 Å². The molecule has 1 aliphatic rings. The monoisotopic (exact) mass is 245 g/mol. The zero-order valence-electron chi connectivity index (χ0n) is 11.3. The third-order valence-electron chi connectivity index (χ3n) is 3.49. The van der Waals surface area contributed by atoms with Crippen molar-refractivity contribution in [2.24, 2.45) is 0 Å². The standard InChI is InChI=1S/C15H19NO2/c1-5-10-6-7-13-11(8-10)14(16-4)12(9-17)15(2,3)18-13/h6-8,14,16H,5H2,1-4H3. The van der Waals surface area contributed by atoms with Gasteiger partial charge >= 0.3 is 0 Å². The van der Waals surface area contributed by atoms with E-state index in [0.29, 0.717) is 5.57 Å². The number of benzene rings is 1. The highest BCUT2D eigenvalue weighted by atomic mass is 16.5. The lowest BCUT2D eigenvalue weighted by atomic mass is 9.84. The van der Waals surface area contributed by atoms with Crippen molar-refractivity contribution in [1.29, 1.82) is 0 Å². The summed E-state index contributed by atoms with van der Waals surface area (Å²) in [5.74, 6) is 2.90. The van der Waals surface area contributed by atoms with Crippen LogP contribution >= 0.6 is 0 Å². The zero-order chi connectivity index (χ0) is 13.3. The highest BCUT2D eigenvalue weighted by Crippen LogP contribution is 2.42. The number of fused-ring (bicyclic) bond motifs is 1. The second kappa shape index (κ2) is 4.60. The highest BCUT2D eigenvalue weighted by molar-refractivity contribution is 5.63. The van der Waals surface area contributed by atoms with E-state index < -0.39 is 5.60 Å². The third kappa shape index (κ3) is 1.96. The molecule has 0 aliphatic carbocycles. The van der Waals surface area contributed by atoms with Crippen molar-refractivity contribution < 1.29 is 9.53 Å². The predicted molar refractivity (Wildman–Crippen MR) is 71.5 cm³/mol. The second-order valence-corrected chi connectivity index (χ2v) is 5.08. The smallest absolute Gasteiger partial charge is 0.137 e. The molecule has 1 heterocycles. The second-order valence-electron chi connectivity index (χ2n) is 5.08. The van der Waals surface area contributed by atoms with Crippen molar-refractivity contribution in [3.05, 3.63) is 34.9 Å². The Morgan fingerprint density at radius 3 is 2.72 bits per heavy atom. The number of nitrogens with one attached hydrogen (secondary N) is 1. The molecule has 1 aromatic carbocycles. The normalized spacial score (nSPS) is 20.9. The highest BCUT2D eigenvalue weighted by Gasteiger charge is 2.39. The Morgan fingerprint density at radius 2 is 2.17 bits per heavy atom. The Kier molecular flexibility index (Phi) is 3.29. The van der Waals surface area contributed by atoms with E-state index in [9.17, 15) is 4.79 Å². The molecule has 0 amide bonds. The number of carbonyl (C=O) groups excluding carboxylic acids is 1. The first-order valence-electron chi connectivity index (χ1n) is 6.28. The van der Waals surface area contributed by atoms with Crippen LogP contribution in [0.3, 0.4) is 0 Å². The van der Waals surface area contributed by atoms with E-state index >= 15 is 0 Å². The van der Waals surface area contributed by atoms with Crippen molar-refractivity contribution in [2.45, 2.75) is 38.8 Å². The largest absolute Gasteiger partial charge is 0.482 e. The lowest BCUT2D eigenvalue weighted by Crippen LogP contribution is -2.41. The Bertz CT molecular complexity index is 513. The summed E-state index contributed by atoms with van der Waals surface area (Å²) in [6, 6.07) is 6.04. The molecule has 1 aromatic rings. The molecule has 1 N–H and O–H groups in total. The fourth-order valence-corrected chi connectivity index (χ4v) is 2.45. The molecule has 1 aliphatic heterocycles. The lowest BCUT2D eigenvalue weighted by molar-refractivity contribution is 0.124.